The van der Waals surface area contributed by atoms with Gasteiger partial charge in [-0.05, 0) is 69.9 Å². The van der Waals surface area contributed by atoms with Crippen LogP contribution in [-0.4, -0.2) is 52.1 Å². The number of methoxy groups -OCH3 is 1. The average Bonchev–Trinajstić information content (AvgIpc) is 3.23. The molecule has 1 saturated carbocycles. The fourth-order valence-electron chi connectivity index (χ4n) is 4.03. The number of hydrogen-bond donors (Lipinski definition) is 3. The number of alkyl halides is 1. The van der Waals surface area contributed by atoms with Crippen molar-refractivity contribution in [2.45, 2.75) is 75.6 Å². The first kappa shape index (κ1) is 24.4. The molecule has 0 aliphatic heterocycles. The number of carboxylic acid groups (broad SMARTS) is 1. The van der Waals surface area contributed by atoms with Gasteiger partial charge < -0.3 is 20.1 Å². The average molecular weight is 445 g/mol. The Morgan fingerprint density at radius 3 is 2.76 bits per heavy atom. The zero-order chi connectivity index (χ0) is 21.4. The van der Waals surface area contributed by atoms with Crippen molar-refractivity contribution in [1.29, 1.82) is 0 Å². The summed E-state index contributed by atoms with van der Waals surface area (Å²) in [5.41, 5.74) is 0. The number of aromatic carboxylic acids is 1. The van der Waals surface area contributed by atoms with E-state index >= 15 is 0 Å². The fourth-order valence-corrected chi connectivity index (χ4v) is 5.40. The van der Waals surface area contributed by atoms with Crippen LogP contribution in [0.2, 0.25) is 0 Å². The molecule has 1 aliphatic carbocycles. The first-order chi connectivity index (χ1) is 13.8. The zero-order valence-corrected chi connectivity index (χ0v) is 18.7. The van der Waals surface area contributed by atoms with Gasteiger partial charge in [0.25, 0.3) is 0 Å². The molecule has 6 atom stereocenters. The molecule has 164 valence electrons. The van der Waals surface area contributed by atoms with Crippen molar-refractivity contribution in [3.63, 3.8) is 0 Å². The molecule has 0 spiro atoms. The van der Waals surface area contributed by atoms with Gasteiger partial charge in [0.15, 0.2) is 0 Å². The largest absolute Gasteiger partial charge is 0.477 e. The topological polar surface area (TPSA) is 87.0 Å². The number of ether oxygens (including phenoxy) is 1. The molecule has 1 aromatic rings. The van der Waals surface area contributed by atoms with Crippen molar-refractivity contribution >= 4 is 28.9 Å². The van der Waals surface area contributed by atoms with Gasteiger partial charge in [0, 0.05) is 23.3 Å². The Morgan fingerprint density at radius 1 is 1.38 bits per heavy atom. The number of aliphatic hydroxyl groups is 2. The molecular weight excluding hydrogens is 412 g/mol. The third-order valence-corrected chi connectivity index (χ3v) is 7.30. The number of aliphatic hydroxyl groups excluding tert-OH is 2. The molecule has 0 aromatic carbocycles. The maximum Gasteiger partial charge on any atom is 0.345 e. The molecule has 1 aromatic heterocycles. The molecule has 29 heavy (non-hydrogen) atoms. The smallest absolute Gasteiger partial charge is 0.345 e. The Morgan fingerprint density at radius 2 is 2.14 bits per heavy atom. The molecule has 0 amide bonds. The molecular formula is C22H33ClO5S. The lowest BCUT2D eigenvalue weighted by Gasteiger charge is -2.21. The molecule has 0 radical (unpaired) electrons. The van der Waals surface area contributed by atoms with Crippen LogP contribution in [0.25, 0.3) is 0 Å². The second kappa shape index (κ2) is 12.1. The van der Waals surface area contributed by atoms with E-state index in [1.165, 1.54) is 11.3 Å². The summed E-state index contributed by atoms with van der Waals surface area (Å²) in [6, 6.07) is 3.53. The van der Waals surface area contributed by atoms with Crippen LogP contribution >= 0.6 is 22.9 Å². The van der Waals surface area contributed by atoms with E-state index in [0.29, 0.717) is 11.3 Å². The number of hydrogen-bond acceptors (Lipinski definition) is 5. The third kappa shape index (κ3) is 7.68. The highest BCUT2D eigenvalue weighted by Crippen LogP contribution is 2.40. The maximum atomic E-state index is 11.0. The molecule has 3 N–H and O–H groups in total. The third-order valence-electron chi connectivity index (χ3n) is 5.66. The summed E-state index contributed by atoms with van der Waals surface area (Å²) in [6.07, 6.45) is 8.97. The van der Waals surface area contributed by atoms with E-state index in [2.05, 4.69) is 6.08 Å². The Hall–Kier alpha value is -0.920. The minimum absolute atomic E-state index is 0.00447. The van der Waals surface area contributed by atoms with Crippen molar-refractivity contribution in [3.8, 4) is 0 Å². The predicted molar refractivity (Wildman–Crippen MR) is 117 cm³/mol. The quantitative estimate of drug-likeness (QED) is 0.326. The van der Waals surface area contributed by atoms with Gasteiger partial charge in [-0.2, -0.15) is 0 Å². The molecule has 0 saturated heterocycles. The van der Waals surface area contributed by atoms with Crippen LogP contribution in [0, 0.1) is 11.8 Å². The number of rotatable bonds is 12. The highest BCUT2D eigenvalue weighted by molar-refractivity contribution is 7.13. The first-order valence-electron chi connectivity index (χ1n) is 10.3. The van der Waals surface area contributed by atoms with Gasteiger partial charge in [0.05, 0.1) is 18.3 Å². The number of carbonyl (C=O) groups is 1. The minimum atomic E-state index is -0.882. The summed E-state index contributed by atoms with van der Waals surface area (Å²) in [6.45, 7) is 1.79. The normalized spacial score (nSPS) is 26.8. The van der Waals surface area contributed by atoms with Crippen LogP contribution in [-0.2, 0) is 11.2 Å². The van der Waals surface area contributed by atoms with Crippen LogP contribution in [0.3, 0.4) is 0 Å². The van der Waals surface area contributed by atoms with Crippen molar-refractivity contribution < 1.29 is 24.9 Å². The standard InChI is InChI=1S/C22H33ClO5S/c1-14(24)5-3-6-15(28-2)9-11-18-17(19(23)13-20(18)25)8-4-7-16-10-12-21(29-16)22(26)27/h9-12,14-15,17-20,24-25H,3-8,13H2,1-2H3,(H,26,27)/t14-,15+,17-,18-,19-,20-/m1/s1. The van der Waals surface area contributed by atoms with Gasteiger partial charge in [0.2, 0.25) is 0 Å². The van der Waals surface area contributed by atoms with Crippen molar-refractivity contribution in [2.75, 3.05) is 7.11 Å². The number of carboxylic acids is 1. The maximum absolute atomic E-state index is 11.0. The van der Waals surface area contributed by atoms with Gasteiger partial charge >= 0.3 is 5.97 Å². The summed E-state index contributed by atoms with van der Waals surface area (Å²) in [7, 11) is 1.68. The summed E-state index contributed by atoms with van der Waals surface area (Å²) < 4.78 is 5.52. The summed E-state index contributed by atoms with van der Waals surface area (Å²) in [5.74, 6) is -0.686. The van der Waals surface area contributed by atoms with E-state index in [4.69, 9.17) is 21.4 Å². The van der Waals surface area contributed by atoms with E-state index in [1.807, 2.05) is 12.1 Å². The Bertz CT molecular complexity index is 659. The van der Waals surface area contributed by atoms with E-state index in [9.17, 15) is 15.0 Å². The van der Waals surface area contributed by atoms with Gasteiger partial charge in [-0.3, -0.25) is 0 Å². The second-order valence-electron chi connectivity index (χ2n) is 7.96. The molecule has 0 bridgehead atoms. The van der Waals surface area contributed by atoms with Crippen LogP contribution in [0.5, 0.6) is 0 Å². The Kier molecular flexibility index (Phi) is 10.1. The lowest BCUT2D eigenvalue weighted by Crippen LogP contribution is -2.20. The van der Waals surface area contributed by atoms with E-state index in [-0.39, 0.29) is 29.4 Å². The molecule has 0 unspecified atom stereocenters. The Labute approximate surface area is 182 Å². The minimum Gasteiger partial charge on any atom is -0.477 e. The van der Waals surface area contributed by atoms with E-state index in [0.717, 1.165) is 43.4 Å². The SMILES string of the molecule is CO[C@H](C=C[C@@H]1[C@@H](CCCc2ccc(C(=O)O)s2)[C@H](Cl)C[C@H]1O)CCC[C@@H](C)O. The van der Waals surface area contributed by atoms with Gasteiger partial charge in [-0.1, -0.05) is 12.2 Å². The number of thiophene rings is 1. The monoisotopic (exact) mass is 444 g/mol. The van der Waals surface area contributed by atoms with Gasteiger partial charge in [0.1, 0.15) is 4.88 Å². The summed E-state index contributed by atoms with van der Waals surface area (Å²) in [4.78, 5) is 12.4. The first-order valence-corrected chi connectivity index (χ1v) is 11.6. The molecule has 1 heterocycles. The molecule has 2 rings (SSSR count). The fraction of sp³-hybridized carbons (Fsp3) is 0.682. The van der Waals surface area contributed by atoms with Gasteiger partial charge in [-0.15, -0.1) is 22.9 Å². The number of aryl methyl sites for hydroxylation is 1. The van der Waals surface area contributed by atoms with Crippen molar-refractivity contribution in [1.82, 2.24) is 0 Å². The highest BCUT2D eigenvalue weighted by Gasteiger charge is 2.39. The lowest BCUT2D eigenvalue weighted by atomic mass is 9.89. The Balaban J connectivity index is 1.88. The molecule has 1 fully saturated rings. The van der Waals surface area contributed by atoms with Crippen LogP contribution < -0.4 is 0 Å². The summed E-state index contributed by atoms with van der Waals surface area (Å²) in [5, 5.41) is 28.8. The molecule has 7 heteroatoms. The van der Waals surface area contributed by atoms with Gasteiger partial charge in [-0.25, -0.2) is 4.79 Å². The highest BCUT2D eigenvalue weighted by atomic mass is 35.5. The summed E-state index contributed by atoms with van der Waals surface area (Å²) >= 11 is 7.86. The van der Waals surface area contributed by atoms with Crippen molar-refractivity contribution in [2.24, 2.45) is 11.8 Å². The van der Waals surface area contributed by atoms with E-state index < -0.39 is 12.1 Å². The lowest BCUT2D eigenvalue weighted by molar-refractivity contribution is 0.0702. The van der Waals surface area contributed by atoms with E-state index in [1.54, 1.807) is 20.1 Å². The number of halogens is 1. The van der Waals surface area contributed by atoms with Crippen LogP contribution in [0.1, 0.15) is 60.0 Å². The second-order valence-corrected chi connectivity index (χ2v) is 9.69. The zero-order valence-electron chi connectivity index (χ0n) is 17.2. The van der Waals surface area contributed by atoms with Crippen molar-refractivity contribution in [3.05, 3.63) is 34.0 Å². The predicted octanol–water partition coefficient (Wildman–Crippen LogP) is 4.50. The molecule has 1 aliphatic rings. The van der Waals surface area contributed by atoms with Crippen LogP contribution in [0.4, 0.5) is 0 Å². The van der Waals surface area contributed by atoms with Crippen LogP contribution in [0.15, 0.2) is 24.3 Å². The molecule has 5 nitrogen and oxygen atoms in total.